The molecule has 74 valence electrons. The number of rotatable bonds is 0. The van der Waals surface area contributed by atoms with Gasteiger partial charge in [-0.2, -0.15) is 0 Å². The number of halogens is 1. The highest BCUT2D eigenvalue weighted by Crippen LogP contribution is 2.41. The van der Waals surface area contributed by atoms with Crippen LogP contribution >= 0.6 is 0 Å². The third-order valence-corrected chi connectivity index (χ3v) is 2.79. The molecule has 2 N–H and O–H groups in total. The summed E-state index contributed by atoms with van der Waals surface area (Å²) < 4.78 is 13.6. The molecule has 0 saturated heterocycles. The van der Waals surface area contributed by atoms with Gasteiger partial charge >= 0.3 is 0 Å². The molecule has 1 aromatic heterocycles. The van der Waals surface area contributed by atoms with Crippen molar-refractivity contribution >= 4 is 0 Å². The lowest BCUT2D eigenvalue weighted by Gasteiger charge is -2.04. The van der Waals surface area contributed by atoms with Crippen LogP contribution in [0.5, 0.6) is 0 Å². The minimum atomic E-state index is -0.251. The van der Waals surface area contributed by atoms with Crippen molar-refractivity contribution in [2.75, 3.05) is 0 Å². The number of nitrogens with two attached hydrogens (primary N) is 1. The molecule has 1 aromatic carbocycles. The van der Waals surface area contributed by atoms with Gasteiger partial charge in [0, 0.05) is 11.8 Å². The average Bonchev–Trinajstić information content (AvgIpc) is 2.55. The number of aromatic nitrogens is 1. The van der Waals surface area contributed by atoms with Gasteiger partial charge in [0.15, 0.2) is 0 Å². The van der Waals surface area contributed by atoms with E-state index in [0.29, 0.717) is 11.3 Å². The summed E-state index contributed by atoms with van der Waals surface area (Å²) in [6, 6.07) is 8.44. The Labute approximate surface area is 86.6 Å². The summed E-state index contributed by atoms with van der Waals surface area (Å²) in [7, 11) is 0. The molecule has 0 bridgehead atoms. The number of fused-ring (bicyclic) bond motifs is 3. The van der Waals surface area contributed by atoms with E-state index in [1.165, 1.54) is 6.07 Å². The number of hydrogen-bond donors (Lipinski definition) is 1. The summed E-state index contributed by atoms with van der Waals surface area (Å²) in [5.74, 6) is -0.250. The Hall–Kier alpha value is -1.74. The summed E-state index contributed by atoms with van der Waals surface area (Å²) in [6.07, 6.45) is 1.66. The lowest BCUT2D eigenvalue weighted by molar-refractivity contribution is 0.629. The molecule has 1 heterocycles. The van der Waals surface area contributed by atoms with Crippen molar-refractivity contribution in [1.82, 2.24) is 4.98 Å². The molecule has 0 radical (unpaired) electrons. The molecule has 2 nitrogen and oxygen atoms in total. The topological polar surface area (TPSA) is 38.9 Å². The van der Waals surface area contributed by atoms with Gasteiger partial charge in [-0.25, -0.2) is 4.39 Å². The van der Waals surface area contributed by atoms with Gasteiger partial charge in [0.2, 0.25) is 0 Å². The van der Waals surface area contributed by atoms with Crippen LogP contribution in [0.1, 0.15) is 17.2 Å². The summed E-state index contributed by atoms with van der Waals surface area (Å²) in [5.41, 5.74) is 8.98. The quantitative estimate of drug-likeness (QED) is 0.708. The first-order chi connectivity index (χ1) is 7.29. The third kappa shape index (κ3) is 1.04. The second kappa shape index (κ2) is 2.87. The van der Waals surface area contributed by atoms with E-state index < -0.39 is 0 Å². The molecule has 0 aliphatic heterocycles. The minimum absolute atomic E-state index is 0.250. The van der Waals surface area contributed by atoms with Crippen molar-refractivity contribution in [3.8, 4) is 11.3 Å². The SMILES string of the molecule is NC1c2cccnc2-c2c(F)cccc21. The maximum atomic E-state index is 13.6. The highest BCUT2D eigenvalue weighted by Gasteiger charge is 2.28. The van der Waals surface area contributed by atoms with Crippen LogP contribution < -0.4 is 5.73 Å². The Kier molecular flexibility index (Phi) is 1.64. The number of nitrogens with zero attached hydrogens (tertiary/aromatic N) is 1. The molecule has 1 unspecified atom stereocenters. The molecule has 1 aliphatic rings. The number of pyridine rings is 1. The first-order valence-electron chi connectivity index (χ1n) is 4.78. The fraction of sp³-hybridized carbons (Fsp3) is 0.0833. The maximum Gasteiger partial charge on any atom is 0.132 e. The lowest BCUT2D eigenvalue weighted by Crippen LogP contribution is -2.07. The smallest absolute Gasteiger partial charge is 0.132 e. The third-order valence-electron chi connectivity index (χ3n) is 2.79. The maximum absolute atomic E-state index is 13.6. The molecule has 3 heteroatoms. The second-order valence-electron chi connectivity index (χ2n) is 3.62. The predicted molar refractivity (Wildman–Crippen MR) is 55.7 cm³/mol. The van der Waals surface area contributed by atoms with Crippen LogP contribution in [0, 0.1) is 5.82 Å². The van der Waals surface area contributed by atoms with Crippen LogP contribution in [0.3, 0.4) is 0 Å². The molecule has 15 heavy (non-hydrogen) atoms. The van der Waals surface area contributed by atoms with Crippen molar-refractivity contribution in [3.63, 3.8) is 0 Å². The van der Waals surface area contributed by atoms with Gasteiger partial charge in [0.05, 0.1) is 11.7 Å². The zero-order valence-corrected chi connectivity index (χ0v) is 7.94. The summed E-state index contributed by atoms with van der Waals surface area (Å²) in [4.78, 5) is 4.19. The van der Waals surface area contributed by atoms with Gasteiger partial charge in [-0.3, -0.25) is 4.98 Å². The normalized spacial score (nSPS) is 17.3. The van der Waals surface area contributed by atoms with E-state index in [4.69, 9.17) is 5.73 Å². The average molecular weight is 200 g/mol. The Balaban J connectivity index is 2.39. The van der Waals surface area contributed by atoms with Crippen LogP contribution in [0.25, 0.3) is 11.3 Å². The van der Waals surface area contributed by atoms with Crippen molar-refractivity contribution in [2.24, 2.45) is 5.73 Å². The molecule has 0 spiro atoms. The second-order valence-corrected chi connectivity index (χ2v) is 3.62. The van der Waals surface area contributed by atoms with Crippen LogP contribution in [0.4, 0.5) is 4.39 Å². The van der Waals surface area contributed by atoms with Crippen LogP contribution in [0.15, 0.2) is 36.5 Å². The molecule has 0 saturated carbocycles. The molecule has 0 amide bonds. The number of benzene rings is 1. The molecule has 0 fully saturated rings. The zero-order valence-electron chi connectivity index (χ0n) is 7.94. The fourth-order valence-corrected chi connectivity index (χ4v) is 2.09. The van der Waals surface area contributed by atoms with Crippen molar-refractivity contribution in [1.29, 1.82) is 0 Å². The van der Waals surface area contributed by atoms with Gasteiger partial charge in [0.25, 0.3) is 0 Å². The van der Waals surface area contributed by atoms with E-state index in [1.807, 2.05) is 18.2 Å². The standard InChI is InChI=1S/C12H9FN2/c13-9-5-1-3-7-10(9)12-8(11(7)14)4-2-6-15-12/h1-6,11H,14H2. The first kappa shape index (κ1) is 8.56. The summed E-state index contributed by atoms with van der Waals surface area (Å²) in [5, 5.41) is 0. The minimum Gasteiger partial charge on any atom is -0.320 e. The Morgan fingerprint density at radius 2 is 1.93 bits per heavy atom. The van der Waals surface area contributed by atoms with E-state index in [0.717, 1.165) is 11.1 Å². The Morgan fingerprint density at radius 3 is 2.80 bits per heavy atom. The Morgan fingerprint density at radius 1 is 1.13 bits per heavy atom. The lowest BCUT2D eigenvalue weighted by atomic mass is 10.1. The Bertz CT molecular complexity index is 537. The monoisotopic (exact) mass is 200 g/mol. The van der Waals surface area contributed by atoms with E-state index in [2.05, 4.69) is 4.98 Å². The van der Waals surface area contributed by atoms with Gasteiger partial charge in [-0.1, -0.05) is 18.2 Å². The zero-order chi connectivity index (χ0) is 10.4. The van der Waals surface area contributed by atoms with Gasteiger partial charge < -0.3 is 5.73 Å². The van der Waals surface area contributed by atoms with Gasteiger partial charge in [-0.15, -0.1) is 0 Å². The van der Waals surface area contributed by atoms with E-state index in [1.54, 1.807) is 12.3 Å². The van der Waals surface area contributed by atoms with E-state index in [9.17, 15) is 4.39 Å². The molecule has 1 atom stereocenters. The highest BCUT2D eigenvalue weighted by atomic mass is 19.1. The van der Waals surface area contributed by atoms with Gasteiger partial charge in [0.1, 0.15) is 5.82 Å². The van der Waals surface area contributed by atoms with Crippen molar-refractivity contribution in [3.05, 3.63) is 53.5 Å². The molecule has 3 rings (SSSR count). The van der Waals surface area contributed by atoms with Crippen LogP contribution in [-0.2, 0) is 0 Å². The highest BCUT2D eigenvalue weighted by molar-refractivity contribution is 5.75. The van der Waals surface area contributed by atoms with Crippen LogP contribution in [0.2, 0.25) is 0 Å². The largest absolute Gasteiger partial charge is 0.320 e. The van der Waals surface area contributed by atoms with E-state index in [-0.39, 0.29) is 11.9 Å². The number of hydrogen-bond acceptors (Lipinski definition) is 2. The first-order valence-corrected chi connectivity index (χ1v) is 4.78. The molecule has 1 aliphatic carbocycles. The molecular weight excluding hydrogens is 191 g/mol. The molecular formula is C12H9FN2. The van der Waals surface area contributed by atoms with Gasteiger partial charge in [-0.05, 0) is 23.3 Å². The summed E-state index contributed by atoms with van der Waals surface area (Å²) in [6.45, 7) is 0. The molecule has 2 aromatic rings. The fourth-order valence-electron chi connectivity index (χ4n) is 2.09. The van der Waals surface area contributed by atoms with Crippen molar-refractivity contribution < 1.29 is 4.39 Å². The summed E-state index contributed by atoms with van der Waals surface area (Å²) >= 11 is 0. The van der Waals surface area contributed by atoms with Crippen molar-refractivity contribution in [2.45, 2.75) is 6.04 Å². The van der Waals surface area contributed by atoms with E-state index >= 15 is 0 Å². The predicted octanol–water partition coefficient (Wildman–Crippen LogP) is 2.25. The van der Waals surface area contributed by atoms with Crippen LogP contribution in [-0.4, -0.2) is 4.98 Å².